The minimum atomic E-state index is -0.574. The van der Waals surface area contributed by atoms with Crippen LogP contribution in [0.3, 0.4) is 0 Å². The van der Waals surface area contributed by atoms with Gasteiger partial charge in [0.2, 0.25) is 11.8 Å². The second kappa shape index (κ2) is 9.65. The number of carbonyl (C=O) groups is 2. The molecule has 5 heterocycles. The Labute approximate surface area is 213 Å². The van der Waals surface area contributed by atoms with E-state index >= 15 is 0 Å². The molecule has 3 saturated heterocycles. The second-order valence-corrected chi connectivity index (χ2v) is 11.2. The van der Waals surface area contributed by atoms with Gasteiger partial charge in [0.1, 0.15) is 11.1 Å². The van der Waals surface area contributed by atoms with E-state index in [-0.39, 0.29) is 17.7 Å². The lowest BCUT2D eigenvalue weighted by Crippen LogP contribution is -2.64. The number of piperidine rings is 3. The fourth-order valence-electron chi connectivity index (χ4n) is 7.11. The van der Waals surface area contributed by atoms with Crippen molar-refractivity contribution in [2.75, 3.05) is 44.2 Å². The number of fused-ring (bicyclic) bond motifs is 3. The molecule has 9 heteroatoms. The molecule has 2 N–H and O–H groups in total. The molecule has 0 radical (unpaired) electrons. The van der Waals surface area contributed by atoms with Gasteiger partial charge >= 0.3 is 0 Å². The first-order valence-electron chi connectivity index (χ1n) is 14.0. The van der Waals surface area contributed by atoms with Gasteiger partial charge in [-0.3, -0.25) is 14.5 Å². The zero-order chi connectivity index (χ0) is 24.7. The van der Waals surface area contributed by atoms with Crippen LogP contribution in [0.5, 0.6) is 0 Å². The zero-order valence-electron chi connectivity index (χ0n) is 21.3. The van der Waals surface area contributed by atoms with Gasteiger partial charge in [0.15, 0.2) is 5.82 Å². The van der Waals surface area contributed by atoms with Gasteiger partial charge in [0, 0.05) is 50.1 Å². The van der Waals surface area contributed by atoms with Gasteiger partial charge in [-0.05, 0) is 77.3 Å². The molecule has 3 aliphatic heterocycles. The van der Waals surface area contributed by atoms with E-state index in [1.807, 2.05) is 21.8 Å². The highest BCUT2D eigenvalue weighted by atomic mass is 16.2. The summed E-state index contributed by atoms with van der Waals surface area (Å²) in [6.45, 7) is 4.79. The van der Waals surface area contributed by atoms with Crippen molar-refractivity contribution in [3.05, 3.63) is 23.7 Å². The summed E-state index contributed by atoms with van der Waals surface area (Å²) < 4.78 is 2.01. The second-order valence-electron chi connectivity index (χ2n) is 11.2. The number of carbonyl (C=O) groups excluding carboxylic acids is 2. The smallest absolute Gasteiger partial charge is 0.238 e. The molecule has 0 aromatic carbocycles. The summed E-state index contributed by atoms with van der Waals surface area (Å²) in [4.78, 5) is 37.4. The lowest BCUT2D eigenvalue weighted by Gasteiger charge is -2.48. The summed E-state index contributed by atoms with van der Waals surface area (Å²) >= 11 is 0. The van der Waals surface area contributed by atoms with E-state index in [2.05, 4.69) is 9.80 Å². The lowest BCUT2D eigenvalue weighted by atomic mass is 9.82. The van der Waals surface area contributed by atoms with E-state index in [1.165, 1.54) is 30.5 Å². The van der Waals surface area contributed by atoms with Crippen LogP contribution in [0.2, 0.25) is 0 Å². The van der Waals surface area contributed by atoms with E-state index in [4.69, 9.17) is 15.8 Å². The monoisotopic (exact) mass is 493 g/mol. The Morgan fingerprint density at radius 3 is 2.36 bits per heavy atom. The number of aryl methyl sites for hydroxylation is 2. The molecule has 1 aliphatic carbocycles. The Kier molecular flexibility index (Phi) is 6.35. The van der Waals surface area contributed by atoms with E-state index in [9.17, 15) is 9.59 Å². The molecule has 0 unspecified atom stereocenters. The van der Waals surface area contributed by atoms with Crippen LogP contribution in [-0.2, 0) is 22.4 Å². The highest BCUT2D eigenvalue weighted by Crippen LogP contribution is 2.35. The van der Waals surface area contributed by atoms with Crippen LogP contribution in [0.1, 0.15) is 69.0 Å². The quantitative estimate of drug-likeness (QED) is 0.701. The van der Waals surface area contributed by atoms with Crippen molar-refractivity contribution in [1.82, 2.24) is 24.4 Å². The molecule has 0 bridgehead atoms. The van der Waals surface area contributed by atoms with Crippen LogP contribution in [0.4, 0.5) is 5.82 Å². The number of hydrogen-bond acceptors (Lipinski definition) is 6. The first-order chi connectivity index (χ1) is 17.6. The molecule has 0 spiro atoms. The summed E-state index contributed by atoms with van der Waals surface area (Å²) in [5.74, 6) is 1.09. The van der Waals surface area contributed by atoms with Crippen LogP contribution >= 0.6 is 0 Å². The molecule has 36 heavy (non-hydrogen) atoms. The highest BCUT2D eigenvalue weighted by molar-refractivity contribution is 5.86. The van der Waals surface area contributed by atoms with E-state index < -0.39 is 5.54 Å². The van der Waals surface area contributed by atoms with Gasteiger partial charge in [0.05, 0.1) is 5.69 Å². The van der Waals surface area contributed by atoms with Crippen molar-refractivity contribution >= 4 is 23.1 Å². The minimum absolute atomic E-state index is 0.0378. The third-order valence-electron chi connectivity index (χ3n) is 9.26. The van der Waals surface area contributed by atoms with Crippen LogP contribution in [0.25, 0.3) is 5.52 Å². The fourth-order valence-corrected chi connectivity index (χ4v) is 7.11. The number of nitrogens with zero attached hydrogens (tertiary/aromatic N) is 6. The predicted molar refractivity (Wildman–Crippen MR) is 138 cm³/mol. The molecular weight excluding hydrogens is 454 g/mol. The summed E-state index contributed by atoms with van der Waals surface area (Å²) in [6, 6.07) is 0. The van der Waals surface area contributed by atoms with Crippen LogP contribution in [0, 0.1) is 5.92 Å². The maximum atomic E-state index is 13.5. The van der Waals surface area contributed by atoms with Gasteiger partial charge in [-0.2, -0.15) is 5.10 Å². The van der Waals surface area contributed by atoms with Crippen molar-refractivity contribution in [2.24, 2.45) is 11.7 Å². The van der Waals surface area contributed by atoms with Crippen LogP contribution < -0.4 is 10.6 Å². The molecule has 2 aromatic heterocycles. The summed E-state index contributed by atoms with van der Waals surface area (Å²) in [5, 5.41) is 4.82. The number of amides is 2. The molecule has 194 valence electrons. The SMILES string of the molecule is NC(=O)C1(N2CCCCC2)CCN(C(=O)C2CCN(c3nccn4nc5c(c34)CCCC5)CC2)CC1. The van der Waals surface area contributed by atoms with Crippen molar-refractivity contribution in [3.8, 4) is 0 Å². The van der Waals surface area contributed by atoms with Gasteiger partial charge in [-0.25, -0.2) is 9.50 Å². The number of likely N-dealkylation sites (tertiary alicyclic amines) is 2. The molecule has 4 aliphatic rings. The van der Waals surface area contributed by atoms with Crippen molar-refractivity contribution in [1.29, 1.82) is 0 Å². The number of aromatic nitrogens is 3. The standard InChI is InChI=1S/C27H39N7O2/c28-26(36)27(33-13-4-1-5-14-33)10-17-32(18-11-27)25(35)20-8-15-31(16-9-20)24-23-21-6-2-3-7-22(21)30-34(23)19-12-29-24/h12,19-20H,1-11,13-18H2,(H2,28,36). The highest BCUT2D eigenvalue weighted by Gasteiger charge is 2.46. The first kappa shape index (κ1) is 23.7. The normalized spacial score (nSPS) is 23.6. The van der Waals surface area contributed by atoms with Gasteiger partial charge in [-0.15, -0.1) is 0 Å². The average molecular weight is 494 g/mol. The van der Waals surface area contributed by atoms with Crippen molar-refractivity contribution < 1.29 is 9.59 Å². The van der Waals surface area contributed by atoms with E-state index in [0.29, 0.717) is 25.9 Å². The van der Waals surface area contributed by atoms with Crippen molar-refractivity contribution in [3.63, 3.8) is 0 Å². The molecule has 0 atom stereocenters. The number of primary amides is 1. The molecule has 3 fully saturated rings. The Morgan fingerprint density at radius 2 is 1.64 bits per heavy atom. The average Bonchev–Trinajstić information content (AvgIpc) is 3.32. The summed E-state index contributed by atoms with van der Waals surface area (Å²) in [6.07, 6.45) is 14.8. The van der Waals surface area contributed by atoms with Crippen LogP contribution in [0.15, 0.2) is 12.4 Å². The molecule has 0 saturated carbocycles. The van der Waals surface area contributed by atoms with Gasteiger partial charge < -0.3 is 15.5 Å². The third-order valence-corrected chi connectivity index (χ3v) is 9.26. The zero-order valence-corrected chi connectivity index (χ0v) is 21.3. The van der Waals surface area contributed by atoms with E-state index in [1.54, 1.807) is 0 Å². The van der Waals surface area contributed by atoms with Crippen molar-refractivity contribution in [2.45, 2.75) is 76.2 Å². The largest absolute Gasteiger partial charge is 0.368 e. The fraction of sp³-hybridized carbons (Fsp3) is 0.704. The van der Waals surface area contributed by atoms with Gasteiger partial charge in [-0.1, -0.05) is 6.42 Å². The first-order valence-corrected chi connectivity index (χ1v) is 14.0. The third kappa shape index (κ3) is 4.05. The molecule has 9 nitrogen and oxygen atoms in total. The Balaban J connectivity index is 1.10. The minimum Gasteiger partial charge on any atom is -0.368 e. The van der Waals surface area contributed by atoms with Gasteiger partial charge in [0.25, 0.3) is 0 Å². The Hall–Kier alpha value is -2.68. The summed E-state index contributed by atoms with van der Waals surface area (Å²) in [5.41, 5.74) is 9.11. The predicted octanol–water partition coefficient (Wildman–Crippen LogP) is 2.16. The molecule has 6 rings (SSSR count). The summed E-state index contributed by atoms with van der Waals surface area (Å²) in [7, 11) is 0. The topological polar surface area (TPSA) is 100 Å². The number of rotatable bonds is 4. The maximum absolute atomic E-state index is 13.5. The molecule has 2 amide bonds. The Bertz CT molecular complexity index is 1120. The number of anilines is 1. The Morgan fingerprint density at radius 1 is 0.917 bits per heavy atom. The van der Waals surface area contributed by atoms with Crippen LogP contribution in [-0.4, -0.2) is 81.0 Å². The van der Waals surface area contributed by atoms with E-state index in [0.717, 1.165) is 76.0 Å². The number of hydrogen-bond donors (Lipinski definition) is 1. The lowest BCUT2D eigenvalue weighted by molar-refractivity contribution is -0.144. The molecular formula is C27H39N7O2. The number of nitrogens with two attached hydrogens (primary N) is 1. The maximum Gasteiger partial charge on any atom is 0.238 e. The molecule has 2 aromatic rings.